The van der Waals surface area contributed by atoms with Crippen molar-refractivity contribution in [1.29, 1.82) is 0 Å². The molecule has 26 heavy (non-hydrogen) atoms. The first-order valence-electron chi connectivity index (χ1n) is 8.16. The summed E-state index contributed by atoms with van der Waals surface area (Å²) in [7, 11) is 1.60. The molecule has 1 aliphatic carbocycles. The van der Waals surface area contributed by atoms with E-state index in [-0.39, 0.29) is 19.0 Å². The highest BCUT2D eigenvalue weighted by Gasteiger charge is 2.39. The Bertz CT molecular complexity index is 873. The summed E-state index contributed by atoms with van der Waals surface area (Å²) < 4.78 is 22.0. The van der Waals surface area contributed by atoms with Crippen LogP contribution < -0.4 is 15.2 Å². The van der Waals surface area contributed by atoms with E-state index in [1.165, 1.54) is 0 Å². The van der Waals surface area contributed by atoms with E-state index in [1.807, 2.05) is 30.3 Å². The summed E-state index contributed by atoms with van der Waals surface area (Å²) in [6.07, 6.45) is 2.84. The van der Waals surface area contributed by atoms with Crippen molar-refractivity contribution < 1.29 is 18.4 Å². The van der Waals surface area contributed by atoms with E-state index in [1.54, 1.807) is 13.2 Å². The van der Waals surface area contributed by atoms with Crippen LogP contribution in [0.5, 0.6) is 11.5 Å². The number of nitrogens with two attached hydrogens (primary N) is 1. The molecule has 0 aliphatic heterocycles. The minimum Gasteiger partial charge on any atom is -0.493 e. The molecule has 4 rings (SSSR count). The van der Waals surface area contributed by atoms with Gasteiger partial charge < -0.3 is 24.1 Å². The highest BCUT2D eigenvalue weighted by molar-refractivity contribution is 5.85. The van der Waals surface area contributed by atoms with Crippen LogP contribution in [-0.2, 0) is 12.1 Å². The minimum absolute atomic E-state index is 0. The summed E-state index contributed by atoms with van der Waals surface area (Å²) in [5, 5.41) is 3.99. The van der Waals surface area contributed by atoms with Crippen LogP contribution in [0.15, 0.2) is 45.3 Å². The normalized spacial score (nSPS) is 15.0. The molecule has 2 heterocycles. The molecule has 1 fully saturated rings. The Kier molecular flexibility index (Phi) is 5.20. The van der Waals surface area contributed by atoms with Gasteiger partial charge in [0.25, 0.3) is 5.89 Å². The Hall–Kier alpha value is -2.51. The molecule has 0 spiro atoms. The van der Waals surface area contributed by atoms with E-state index in [4.69, 9.17) is 24.1 Å². The van der Waals surface area contributed by atoms with Gasteiger partial charge in [-0.15, -0.1) is 12.4 Å². The van der Waals surface area contributed by atoms with Crippen molar-refractivity contribution in [2.24, 2.45) is 5.73 Å². The van der Waals surface area contributed by atoms with Crippen LogP contribution in [0.25, 0.3) is 11.7 Å². The lowest BCUT2D eigenvalue weighted by atomic mass is 9.77. The molecule has 0 saturated heterocycles. The minimum atomic E-state index is -0.454. The molecular formula is C18H20ClN3O4. The largest absolute Gasteiger partial charge is 0.493 e. The third kappa shape index (κ3) is 3.40. The molecule has 1 aliphatic rings. The van der Waals surface area contributed by atoms with Crippen molar-refractivity contribution >= 4 is 12.4 Å². The number of nitrogens with zero attached hydrogens (tertiary/aromatic N) is 2. The molecule has 2 N–H and O–H groups in total. The number of furan rings is 1. The maximum atomic E-state index is 6.21. The molecule has 8 heteroatoms. The molecule has 0 radical (unpaired) electrons. The van der Waals surface area contributed by atoms with Gasteiger partial charge in [-0.3, -0.25) is 0 Å². The second-order valence-corrected chi connectivity index (χ2v) is 6.14. The molecule has 0 atom stereocenters. The van der Waals surface area contributed by atoms with Gasteiger partial charge in [-0.1, -0.05) is 17.3 Å². The Morgan fingerprint density at radius 3 is 2.62 bits per heavy atom. The number of hydrogen-bond donors (Lipinski definition) is 1. The van der Waals surface area contributed by atoms with Crippen LogP contribution in [0.2, 0.25) is 0 Å². The summed E-state index contributed by atoms with van der Waals surface area (Å²) in [6.45, 7) is 0.266. The Morgan fingerprint density at radius 2 is 1.92 bits per heavy atom. The summed E-state index contributed by atoms with van der Waals surface area (Å²) in [4.78, 5) is 4.38. The number of hydrogen-bond acceptors (Lipinski definition) is 7. The number of aromatic nitrogens is 2. The molecule has 1 saturated carbocycles. The highest BCUT2D eigenvalue weighted by atomic mass is 35.5. The van der Waals surface area contributed by atoms with E-state index >= 15 is 0 Å². The highest BCUT2D eigenvalue weighted by Crippen LogP contribution is 2.37. The van der Waals surface area contributed by atoms with Gasteiger partial charge >= 0.3 is 0 Å². The molecule has 138 valence electrons. The summed E-state index contributed by atoms with van der Waals surface area (Å²) >= 11 is 0. The fourth-order valence-electron chi connectivity index (χ4n) is 2.76. The Balaban J connectivity index is 0.00000196. The maximum absolute atomic E-state index is 6.21. The third-order valence-corrected chi connectivity index (χ3v) is 4.43. The number of methoxy groups -OCH3 is 1. The van der Waals surface area contributed by atoms with Crippen LogP contribution in [0, 0.1) is 0 Å². The SMILES string of the molecule is COc1ccccc1OCc1ccc(-c2nc(C3(N)CCC3)no2)o1.Cl. The topological polar surface area (TPSA) is 96.5 Å². The van der Waals surface area contributed by atoms with Crippen molar-refractivity contribution in [3.63, 3.8) is 0 Å². The van der Waals surface area contributed by atoms with E-state index in [0.717, 1.165) is 19.3 Å². The van der Waals surface area contributed by atoms with Gasteiger partial charge in [0.05, 0.1) is 12.6 Å². The molecule has 1 aromatic carbocycles. The van der Waals surface area contributed by atoms with Crippen molar-refractivity contribution in [3.05, 3.63) is 48.0 Å². The van der Waals surface area contributed by atoms with Crippen LogP contribution in [0.3, 0.4) is 0 Å². The standard InChI is InChI=1S/C18H19N3O4.ClH/c1-22-13-5-2-3-6-14(13)23-11-12-7-8-15(24-12)16-20-17(21-25-16)18(19)9-4-10-18;/h2-3,5-8H,4,9-11,19H2,1H3;1H. The Morgan fingerprint density at radius 1 is 1.15 bits per heavy atom. The fraction of sp³-hybridized carbons (Fsp3) is 0.333. The number of rotatable bonds is 6. The zero-order chi connectivity index (χ0) is 17.3. The molecular weight excluding hydrogens is 358 g/mol. The number of ether oxygens (including phenoxy) is 2. The van der Waals surface area contributed by atoms with Gasteiger partial charge in [0.15, 0.2) is 23.1 Å². The second kappa shape index (κ2) is 7.39. The van der Waals surface area contributed by atoms with Gasteiger partial charge in [0.2, 0.25) is 0 Å². The monoisotopic (exact) mass is 377 g/mol. The number of para-hydroxylation sites is 2. The average Bonchev–Trinajstić information content (AvgIpc) is 3.27. The first-order valence-corrected chi connectivity index (χ1v) is 8.16. The van der Waals surface area contributed by atoms with Crippen molar-refractivity contribution in [3.8, 4) is 23.1 Å². The van der Waals surface area contributed by atoms with Gasteiger partial charge in [-0.05, 0) is 43.5 Å². The quantitative estimate of drug-likeness (QED) is 0.699. The predicted octanol–water partition coefficient (Wildman–Crippen LogP) is 3.68. The maximum Gasteiger partial charge on any atom is 0.293 e. The molecule has 2 aromatic heterocycles. The lowest BCUT2D eigenvalue weighted by Gasteiger charge is -2.34. The van der Waals surface area contributed by atoms with Gasteiger partial charge in [-0.2, -0.15) is 4.98 Å². The van der Waals surface area contributed by atoms with Crippen LogP contribution >= 0.6 is 12.4 Å². The number of halogens is 1. The smallest absolute Gasteiger partial charge is 0.293 e. The molecule has 0 unspecified atom stereocenters. The third-order valence-electron chi connectivity index (χ3n) is 4.43. The zero-order valence-corrected chi connectivity index (χ0v) is 15.1. The fourth-order valence-corrected chi connectivity index (χ4v) is 2.76. The van der Waals surface area contributed by atoms with Crippen molar-refractivity contribution in [2.45, 2.75) is 31.4 Å². The van der Waals surface area contributed by atoms with Crippen LogP contribution in [0.4, 0.5) is 0 Å². The predicted molar refractivity (Wildman–Crippen MR) is 96.3 cm³/mol. The molecule has 0 amide bonds. The summed E-state index contributed by atoms with van der Waals surface area (Å²) in [5.41, 5.74) is 5.76. The van der Waals surface area contributed by atoms with E-state index in [9.17, 15) is 0 Å². The lowest BCUT2D eigenvalue weighted by molar-refractivity contribution is 0.229. The van der Waals surface area contributed by atoms with E-state index in [2.05, 4.69) is 10.1 Å². The molecule has 7 nitrogen and oxygen atoms in total. The molecule has 3 aromatic rings. The average molecular weight is 378 g/mol. The van der Waals surface area contributed by atoms with Gasteiger partial charge in [0.1, 0.15) is 12.4 Å². The first-order chi connectivity index (χ1) is 12.2. The zero-order valence-electron chi connectivity index (χ0n) is 14.3. The Labute approximate surface area is 156 Å². The first kappa shape index (κ1) is 18.3. The van der Waals surface area contributed by atoms with E-state index in [0.29, 0.717) is 34.7 Å². The van der Waals surface area contributed by atoms with Gasteiger partial charge in [0, 0.05) is 0 Å². The van der Waals surface area contributed by atoms with Crippen LogP contribution in [0.1, 0.15) is 30.8 Å². The summed E-state index contributed by atoms with van der Waals surface area (Å²) in [6, 6.07) is 11.0. The second-order valence-electron chi connectivity index (χ2n) is 6.14. The van der Waals surface area contributed by atoms with Crippen molar-refractivity contribution in [1.82, 2.24) is 10.1 Å². The molecule has 0 bridgehead atoms. The van der Waals surface area contributed by atoms with E-state index < -0.39 is 5.54 Å². The van der Waals surface area contributed by atoms with Crippen molar-refractivity contribution in [2.75, 3.05) is 7.11 Å². The number of benzene rings is 1. The van der Waals surface area contributed by atoms with Gasteiger partial charge in [-0.25, -0.2) is 0 Å². The van der Waals surface area contributed by atoms with Crippen LogP contribution in [-0.4, -0.2) is 17.3 Å². The summed E-state index contributed by atoms with van der Waals surface area (Å²) in [5.74, 6) is 3.34. The lowest BCUT2D eigenvalue weighted by Crippen LogP contribution is -2.44.